The maximum Gasteiger partial charge on any atom is 0.242 e. The molecule has 4 aromatic rings. The highest BCUT2D eigenvalue weighted by atomic mass is 16.2. The van der Waals surface area contributed by atoms with Gasteiger partial charge in [0.2, 0.25) is 11.8 Å². The lowest BCUT2D eigenvalue weighted by Gasteiger charge is -2.34. The summed E-state index contributed by atoms with van der Waals surface area (Å²) in [6, 6.07) is 13.5. The van der Waals surface area contributed by atoms with Gasteiger partial charge in [-0.25, -0.2) is 9.97 Å². The molecule has 2 amide bonds. The van der Waals surface area contributed by atoms with Crippen molar-refractivity contribution in [3.8, 4) is 11.3 Å². The SMILES string of the molecule is CN(C)c1ccc(-c2nc3cnccn3c2NCC(=O)N2CCN(CC(=O)Nc3ccccn3)CC2)cc1. The average molecular weight is 514 g/mol. The first kappa shape index (κ1) is 25.2. The highest BCUT2D eigenvalue weighted by molar-refractivity contribution is 5.91. The monoisotopic (exact) mass is 513 g/mol. The molecule has 1 aromatic carbocycles. The number of pyridine rings is 1. The number of hydrogen-bond donors (Lipinski definition) is 2. The Morgan fingerprint density at radius 3 is 2.50 bits per heavy atom. The van der Waals surface area contributed by atoms with Gasteiger partial charge in [0.25, 0.3) is 0 Å². The Morgan fingerprint density at radius 2 is 1.79 bits per heavy atom. The zero-order valence-electron chi connectivity index (χ0n) is 21.5. The molecule has 0 atom stereocenters. The van der Waals surface area contributed by atoms with E-state index in [1.165, 1.54) is 0 Å². The van der Waals surface area contributed by atoms with Crippen LogP contribution in [0, 0.1) is 0 Å². The van der Waals surface area contributed by atoms with Crippen LogP contribution in [-0.2, 0) is 9.59 Å². The average Bonchev–Trinajstić information content (AvgIpc) is 3.31. The van der Waals surface area contributed by atoms with Gasteiger partial charge < -0.3 is 20.4 Å². The molecule has 11 nitrogen and oxygen atoms in total. The van der Waals surface area contributed by atoms with E-state index in [9.17, 15) is 9.59 Å². The quantitative estimate of drug-likeness (QED) is 0.368. The Balaban J connectivity index is 1.19. The number of carbonyl (C=O) groups excluding carboxylic acids is 2. The standard InChI is InChI=1S/C27H31N9O2/c1-33(2)21-8-6-20(7-9-21)26-27(36-12-11-28-17-23(36)32-26)30-18-25(38)35-15-13-34(14-16-35)19-24(37)31-22-5-3-4-10-29-22/h3-12,17,30H,13-16,18-19H2,1-2H3,(H,29,31,37). The number of amides is 2. The number of anilines is 3. The van der Waals surface area contributed by atoms with Gasteiger partial charge in [-0.15, -0.1) is 0 Å². The van der Waals surface area contributed by atoms with Crippen LogP contribution in [0.25, 0.3) is 16.9 Å². The molecule has 0 saturated carbocycles. The predicted octanol–water partition coefficient (Wildman–Crippen LogP) is 2.05. The van der Waals surface area contributed by atoms with Crippen molar-refractivity contribution in [2.75, 3.05) is 68.9 Å². The molecular weight excluding hydrogens is 482 g/mol. The molecule has 0 spiro atoms. The van der Waals surface area contributed by atoms with Crippen molar-refractivity contribution in [3.05, 3.63) is 67.3 Å². The van der Waals surface area contributed by atoms with Gasteiger partial charge in [0.1, 0.15) is 17.3 Å². The van der Waals surface area contributed by atoms with Gasteiger partial charge >= 0.3 is 0 Å². The van der Waals surface area contributed by atoms with Crippen molar-refractivity contribution in [1.82, 2.24) is 29.2 Å². The fraction of sp³-hybridized carbons (Fsp3) is 0.296. The number of hydrogen-bond acceptors (Lipinski definition) is 8. The van der Waals surface area contributed by atoms with Crippen molar-refractivity contribution >= 4 is 34.8 Å². The Hall–Kier alpha value is -4.51. The second kappa shape index (κ2) is 11.3. The molecule has 1 aliphatic rings. The molecule has 0 aliphatic carbocycles. The molecule has 5 rings (SSSR count). The van der Waals surface area contributed by atoms with Gasteiger partial charge in [0.15, 0.2) is 5.65 Å². The zero-order chi connectivity index (χ0) is 26.5. The number of imidazole rings is 1. The largest absolute Gasteiger partial charge is 0.378 e. The Kier molecular flexibility index (Phi) is 7.45. The Bertz CT molecular complexity index is 1400. The van der Waals surface area contributed by atoms with Crippen LogP contribution in [0.2, 0.25) is 0 Å². The van der Waals surface area contributed by atoms with E-state index in [1.54, 1.807) is 30.7 Å². The lowest BCUT2D eigenvalue weighted by molar-refractivity contribution is -0.131. The Morgan fingerprint density at radius 1 is 1.00 bits per heavy atom. The number of nitrogens with zero attached hydrogens (tertiary/aromatic N) is 7. The molecule has 0 unspecified atom stereocenters. The molecule has 4 heterocycles. The summed E-state index contributed by atoms with van der Waals surface area (Å²) < 4.78 is 1.91. The summed E-state index contributed by atoms with van der Waals surface area (Å²) in [5.41, 5.74) is 3.51. The normalized spacial score (nSPS) is 13.9. The highest BCUT2D eigenvalue weighted by Gasteiger charge is 2.23. The van der Waals surface area contributed by atoms with Gasteiger partial charge in [-0.3, -0.25) is 23.9 Å². The summed E-state index contributed by atoms with van der Waals surface area (Å²) >= 11 is 0. The van der Waals surface area contributed by atoms with E-state index < -0.39 is 0 Å². The van der Waals surface area contributed by atoms with E-state index in [-0.39, 0.29) is 24.9 Å². The van der Waals surface area contributed by atoms with Crippen molar-refractivity contribution in [2.24, 2.45) is 0 Å². The number of carbonyl (C=O) groups is 2. The van der Waals surface area contributed by atoms with Crippen molar-refractivity contribution in [1.29, 1.82) is 0 Å². The summed E-state index contributed by atoms with van der Waals surface area (Å²) in [6.07, 6.45) is 6.88. The number of rotatable bonds is 8. The summed E-state index contributed by atoms with van der Waals surface area (Å²) in [4.78, 5) is 44.4. The molecule has 38 heavy (non-hydrogen) atoms. The number of benzene rings is 1. The molecule has 1 aliphatic heterocycles. The van der Waals surface area contributed by atoms with E-state index in [1.807, 2.05) is 69.7 Å². The molecular formula is C27H31N9O2. The fourth-order valence-electron chi connectivity index (χ4n) is 4.44. The van der Waals surface area contributed by atoms with Crippen LogP contribution in [0.4, 0.5) is 17.3 Å². The minimum atomic E-state index is -0.113. The van der Waals surface area contributed by atoms with Crippen LogP contribution < -0.4 is 15.5 Å². The number of nitrogens with one attached hydrogen (secondary N) is 2. The van der Waals surface area contributed by atoms with Gasteiger partial charge in [-0.1, -0.05) is 18.2 Å². The maximum atomic E-state index is 13.1. The third-order valence-electron chi connectivity index (χ3n) is 6.52. The third-order valence-corrected chi connectivity index (χ3v) is 6.52. The van der Waals surface area contributed by atoms with E-state index >= 15 is 0 Å². The number of aromatic nitrogens is 4. The fourth-order valence-corrected chi connectivity index (χ4v) is 4.44. The molecule has 11 heteroatoms. The van der Waals surface area contributed by atoms with Gasteiger partial charge in [-0.2, -0.15) is 0 Å². The maximum absolute atomic E-state index is 13.1. The zero-order valence-corrected chi connectivity index (χ0v) is 21.5. The van der Waals surface area contributed by atoms with Crippen LogP contribution in [0.5, 0.6) is 0 Å². The Labute approximate surface area is 221 Å². The van der Waals surface area contributed by atoms with Crippen LogP contribution in [0.1, 0.15) is 0 Å². The second-order valence-electron chi connectivity index (χ2n) is 9.33. The highest BCUT2D eigenvalue weighted by Crippen LogP contribution is 2.29. The molecule has 0 bridgehead atoms. The van der Waals surface area contributed by atoms with Crippen LogP contribution in [0.3, 0.4) is 0 Å². The summed E-state index contributed by atoms with van der Waals surface area (Å²) in [5, 5.41) is 6.13. The lowest BCUT2D eigenvalue weighted by Crippen LogP contribution is -2.51. The van der Waals surface area contributed by atoms with Gasteiger partial charge in [0.05, 0.1) is 19.3 Å². The summed E-state index contributed by atoms with van der Waals surface area (Å²) in [6.45, 7) is 2.79. The van der Waals surface area contributed by atoms with Crippen molar-refractivity contribution in [3.63, 3.8) is 0 Å². The molecule has 2 N–H and O–H groups in total. The van der Waals surface area contributed by atoms with Gasteiger partial charge in [0, 0.05) is 70.1 Å². The van der Waals surface area contributed by atoms with E-state index in [0.29, 0.717) is 37.6 Å². The minimum absolute atomic E-state index is 0.000462. The first-order valence-electron chi connectivity index (χ1n) is 12.5. The molecule has 1 fully saturated rings. The second-order valence-corrected chi connectivity index (χ2v) is 9.33. The lowest BCUT2D eigenvalue weighted by atomic mass is 10.1. The van der Waals surface area contributed by atoms with Crippen molar-refractivity contribution < 1.29 is 9.59 Å². The van der Waals surface area contributed by atoms with Crippen molar-refractivity contribution in [2.45, 2.75) is 0 Å². The van der Waals surface area contributed by atoms with Crippen LogP contribution >= 0.6 is 0 Å². The third kappa shape index (κ3) is 5.73. The summed E-state index contributed by atoms with van der Waals surface area (Å²) in [7, 11) is 4.00. The minimum Gasteiger partial charge on any atom is -0.378 e. The smallest absolute Gasteiger partial charge is 0.242 e. The topological polar surface area (TPSA) is 111 Å². The van der Waals surface area contributed by atoms with Crippen LogP contribution in [-0.4, -0.2) is 94.3 Å². The van der Waals surface area contributed by atoms with E-state index in [0.717, 1.165) is 22.8 Å². The number of piperazine rings is 1. The predicted molar refractivity (Wildman–Crippen MR) is 147 cm³/mol. The summed E-state index contributed by atoms with van der Waals surface area (Å²) in [5.74, 6) is 1.17. The first-order valence-corrected chi connectivity index (χ1v) is 12.5. The number of fused-ring (bicyclic) bond motifs is 1. The van der Waals surface area contributed by atoms with Gasteiger partial charge in [-0.05, 0) is 24.3 Å². The van der Waals surface area contributed by atoms with E-state index in [2.05, 4.69) is 20.6 Å². The molecule has 1 saturated heterocycles. The molecule has 3 aromatic heterocycles. The molecule has 0 radical (unpaired) electrons. The molecule has 196 valence electrons. The van der Waals surface area contributed by atoms with E-state index in [4.69, 9.17) is 4.98 Å². The van der Waals surface area contributed by atoms with Crippen LogP contribution in [0.15, 0.2) is 67.3 Å². The first-order chi connectivity index (χ1) is 18.5.